The second-order valence-corrected chi connectivity index (χ2v) is 5.99. The smallest absolute Gasteiger partial charge is 0.199 e. The molecule has 5 nitrogen and oxygen atoms in total. The van der Waals surface area contributed by atoms with Crippen LogP contribution < -0.4 is 10.1 Å². The van der Waals surface area contributed by atoms with Gasteiger partial charge in [0, 0.05) is 29.4 Å². The van der Waals surface area contributed by atoms with E-state index in [-0.39, 0.29) is 0 Å². The molecule has 0 fully saturated rings. The van der Waals surface area contributed by atoms with E-state index in [0.717, 1.165) is 35.9 Å². The lowest BCUT2D eigenvalue weighted by Gasteiger charge is -2.09. The maximum absolute atomic E-state index is 5.95. The van der Waals surface area contributed by atoms with Gasteiger partial charge in [-0.3, -0.25) is 9.67 Å². The van der Waals surface area contributed by atoms with Crippen molar-refractivity contribution in [1.82, 2.24) is 14.8 Å². The van der Waals surface area contributed by atoms with E-state index in [1.807, 2.05) is 53.1 Å². The van der Waals surface area contributed by atoms with Crippen LogP contribution in [0.2, 0.25) is 5.02 Å². The van der Waals surface area contributed by atoms with Gasteiger partial charge in [-0.15, -0.1) is 0 Å². The van der Waals surface area contributed by atoms with Crippen LogP contribution in [0.4, 0.5) is 5.69 Å². The predicted octanol–water partition coefficient (Wildman–Crippen LogP) is 4.25. The largest absolute Gasteiger partial charge is 0.497 e. The quantitative estimate of drug-likeness (QED) is 0.645. The first-order valence-electron chi connectivity index (χ1n) is 7.47. The van der Waals surface area contributed by atoms with Gasteiger partial charge in [-0.05, 0) is 60.7 Å². The molecule has 7 heteroatoms. The van der Waals surface area contributed by atoms with Crippen LogP contribution in [0.1, 0.15) is 5.82 Å². The average molecular weight is 361 g/mol. The van der Waals surface area contributed by atoms with Gasteiger partial charge in [-0.1, -0.05) is 11.6 Å². The van der Waals surface area contributed by atoms with Gasteiger partial charge in [-0.2, -0.15) is 5.10 Å². The van der Waals surface area contributed by atoms with Crippen LogP contribution >= 0.6 is 23.8 Å². The first-order valence-corrected chi connectivity index (χ1v) is 8.26. The molecule has 24 heavy (non-hydrogen) atoms. The van der Waals surface area contributed by atoms with E-state index in [2.05, 4.69) is 15.5 Å². The normalized spacial score (nSPS) is 10.6. The number of rotatable bonds is 6. The minimum Gasteiger partial charge on any atom is -0.497 e. The molecule has 2 aromatic carbocycles. The zero-order chi connectivity index (χ0) is 16.9. The summed E-state index contributed by atoms with van der Waals surface area (Å²) >= 11 is 11.3. The summed E-state index contributed by atoms with van der Waals surface area (Å²) in [5.41, 5.74) is 1.97. The molecule has 2 N–H and O–H groups in total. The summed E-state index contributed by atoms with van der Waals surface area (Å²) in [6.07, 6.45) is 0.724. The number of hydrogen-bond donors (Lipinski definition) is 2. The highest BCUT2D eigenvalue weighted by atomic mass is 35.5. The van der Waals surface area contributed by atoms with Crippen molar-refractivity contribution in [2.75, 3.05) is 19.0 Å². The van der Waals surface area contributed by atoms with Crippen LogP contribution in [0.15, 0.2) is 48.5 Å². The van der Waals surface area contributed by atoms with E-state index in [0.29, 0.717) is 9.79 Å². The van der Waals surface area contributed by atoms with Crippen LogP contribution in [0.25, 0.3) is 5.69 Å². The lowest BCUT2D eigenvalue weighted by atomic mass is 10.3. The van der Waals surface area contributed by atoms with Crippen molar-refractivity contribution in [1.29, 1.82) is 0 Å². The molecule has 3 rings (SSSR count). The second kappa shape index (κ2) is 7.51. The topological polar surface area (TPSA) is 54.9 Å². The van der Waals surface area contributed by atoms with Crippen LogP contribution in [0.3, 0.4) is 0 Å². The van der Waals surface area contributed by atoms with E-state index in [1.165, 1.54) is 0 Å². The van der Waals surface area contributed by atoms with Gasteiger partial charge in [0.25, 0.3) is 0 Å². The molecule has 0 aliphatic rings. The van der Waals surface area contributed by atoms with Crippen LogP contribution in [-0.4, -0.2) is 28.4 Å². The molecule has 0 aliphatic heterocycles. The Kier molecular flexibility index (Phi) is 5.17. The fraction of sp³-hybridized carbons (Fsp3) is 0.176. The molecule has 0 bridgehead atoms. The number of nitrogens with one attached hydrogen (secondary N) is 2. The SMILES string of the molecule is COc1ccc(NCCc2n[nH]c(=S)n2-c2ccc(Cl)cc2)cc1. The minimum absolute atomic E-state index is 0.566. The Labute approximate surface area is 150 Å². The maximum Gasteiger partial charge on any atom is 0.199 e. The molecule has 3 aromatic rings. The Balaban J connectivity index is 1.69. The average Bonchev–Trinajstić information content (AvgIpc) is 2.97. The monoisotopic (exact) mass is 360 g/mol. The van der Waals surface area contributed by atoms with Crippen LogP contribution in [0, 0.1) is 4.77 Å². The number of hydrogen-bond acceptors (Lipinski definition) is 4. The van der Waals surface area contributed by atoms with Gasteiger partial charge < -0.3 is 10.1 Å². The van der Waals surface area contributed by atoms with Gasteiger partial charge >= 0.3 is 0 Å². The Morgan fingerprint density at radius 1 is 1.17 bits per heavy atom. The highest BCUT2D eigenvalue weighted by molar-refractivity contribution is 7.71. The van der Waals surface area contributed by atoms with Gasteiger partial charge in [0.2, 0.25) is 0 Å². The number of aromatic amines is 1. The van der Waals surface area contributed by atoms with E-state index in [1.54, 1.807) is 7.11 Å². The number of aromatic nitrogens is 3. The Bertz CT molecular complexity index is 856. The Morgan fingerprint density at radius 2 is 1.88 bits per heavy atom. The molecule has 124 valence electrons. The first-order chi connectivity index (χ1) is 11.7. The number of benzene rings is 2. The third-order valence-electron chi connectivity index (χ3n) is 3.59. The number of methoxy groups -OCH3 is 1. The van der Waals surface area contributed by atoms with E-state index in [4.69, 9.17) is 28.6 Å². The van der Waals surface area contributed by atoms with E-state index >= 15 is 0 Å². The molecular weight excluding hydrogens is 344 g/mol. The van der Waals surface area contributed by atoms with Gasteiger partial charge in [0.05, 0.1) is 7.11 Å². The van der Waals surface area contributed by atoms with Gasteiger partial charge in [-0.25, -0.2) is 0 Å². The molecule has 0 unspecified atom stereocenters. The standard InChI is InChI=1S/C17H17ClN4OS/c1-23-15-8-4-13(5-9-15)19-11-10-16-20-21-17(24)22(16)14-6-2-12(18)3-7-14/h2-9,19H,10-11H2,1H3,(H,21,24). The number of H-pyrrole nitrogens is 1. The maximum atomic E-state index is 5.95. The molecule has 0 saturated carbocycles. The number of ether oxygens (including phenoxy) is 1. The van der Waals surface area contributed by atoms with Crippen molar-refractivity contribution in [3.8, 4) is 11.4 Å². The third-order valence-corrected chi connectivity index (χ3v) is 4.12. The molecule has 0 saturated heterocycles. The van der Waals surface area contributed by atoms with Gasteiger partial charge in [0.15, 0.2) is 4.77 Å². The lowest BCUT2D eigenvalue weighted by Crippen LogP contribution is -2.09. The summed E-state index contributed by atoms with van der Waals surface area (Å²) in [4.78, 5) is 0. The van der Waals surface area contributed by atoms with Gasteiger partial charge in [0.1, 0.15) is 11.6 Å². The zero-order valence-electron chi connectivity index (χ0n) is 13.1. The van der Waals surface area contributed by atoms with E-state index in [9.17, 15) is 0 Å². The number of nitrogens with zero attached hydrogens (tertiary/aromatic N) is 2. The highest BCUT2D eigenvalue weighted by Gasteiger charge is 2.08. The zero-order valence-corrected chi connectivity index (χ0v) is 14.7. The number of anilines is 1. The van der Waals surface area contributed by atoms with Crippen molar-refractivity contribution >= 4 is 29.5 Å². The molecule has 1 aromatic heterocycles. The fourth-order valence-electron chi connectivity index (χ4n) is 2.38. The summed E-state index contributed by atoms with van der Waals surface area (Å²) in [6.45, 7) is 0.736. The molecule has 0 amide bonds. The number of halogens is 1. The summed E-state index contributed by atoms with van der Waals surface area (Å²) in [7, 11) is 1.65. The third kappa shape index (κ3) is 3.77. The molecule has 0 radical (unpaired) electrons. The highest BCUT2D eigenvalue weighted by Crippen LogP contribution is 2.17. The molecule has 0 atom stereocenters. The molecule has 0 aliphatic carbocycles. The van der Waals surface area contributed by atoms with Crippen molar-refractivity contribution in [2.45, 2.75) is 6.42 Å². The first kappa shape index (κ1) is 16.5. The van der Waals surface area contributed by atoms with Crippen molar-refractivity contribution in [3.63, 3.8) is 0 Å². The summed E-state index contributed by atoms with van der Waals surface area (Å²) in [5, 5.41) is 11.2. The fourth-order valence-corrected chi connectivity index (χ4v) is 2.76. The van der Waals surface area contributed by atoms with Crippen molar-refractivity contribution in [2.24, 2.45) is 0 Å². The van der Waals surface area contributed by atoms with Crippen molar-refractivity contribution < 1.29 is 4.74 Å². The minimum atomic E-state index is 0.566. The summed E-state index contributed by atoms with van der Waals surface area (Å²) in [6, 6.07) is 15.3. The second-order valence-electron chi connectivity index (χ2n) is 5.16. The van der Waals surface area contributed by atoms with E-state index < -0.39 is 0 Å². The summed E-state index contributed by atoms with van der Waals surface area (Å²) in [5.74, 6) is 1.70. The van der Waals surface area contributed by atoms with Crippen molar-refractivity contribution in [3.05, 3.63) is 64.1 Å². The lowest BCUT2D eigenvalue weighted by molar-refractivity contribution is 0.415. The Hall–Kier alpha value is -2.31. The predicted molar refractivity (Wildman–Crippen MR) is 98.9 cm³/mol. The molecular formula is C17H17ClN4OS. The molecule has 0 spiro atoms. The van der Waals surface area contributed by atoms with Crippen LogP contribution in [-0.2, 0) is 6.42 Å². The van der Waals surface area contributed by atoms with Crippen LogP contribution in [0.5, 0.6) is 5.75 Å². The Morgan fingerprint density at radius 3 is 2.54 bits per heavy atom. The molecule has 1 heterocycles. The summed E-state index contributed by atoms with van der Waals surface area (Å²) < 4.78 is 7.64.